The molecule has 2 fully saturated rings. The Morgan fingerprint density at radius 3 is 2.42 bits per heavy atom. The van der Waals surface area contributed by atoms with E-state index in [0.717, 1.165) is 25.9 Å². The highest BCUT2D eigenvalue weighted by Gasteiger charge is 2.43. The van der Waals surface area contributed by atoms with Crippen molar-refractivity contribution in [2.24, 2.45) is 11.8 Å². The molecule has 3 nitrogen and oxygen atoms in total. The summed E-state index contributed by atoms with van der Waals surface area (Å²) in [5.41, 5.74) is 0. The van der Waals surface area contributed by atoms with E-state index in [1.54, 1.807) is 0 Å². The fraction of sp³-hybridized carbons (Fsp3) is 0.923. The predicted octanol–water partition coefficient (Wildman–Crippen LogP) is 2.22. The van der Waals surface area contributed by atoms with E-state index in [9.17, 15) is 18.0 Å². The lowest BCUT2D eigenvalue weighted by Crippen LogP contribution is -2.46. The van der Waals surface area contributed by atoms with E-state index in [1.807, 2.05) is 0 Å². The molecule has 1 aliphatic heterocycles. The molecular formula is C13H21F3N2O. The molecule has 2 N–H and O–H groups in total. The highest BCUT2D eigenvalue weighted by molar-refractivity contribution is 5.79. The minimum atomic E-state index is -4.16. The van der Waals surface area contributed by atoms with Gasteiger partial charge in [0.15, 0.2) is 0 Å². The van der Waals surface area contributed by atoms with Gasteiger partial charge in [-0.1, -0.05) is 6.42 Å². The molecule has 1 heterocycles. The lowest BCUT2D eigenvalue weighted by molar-refractivity contribution is -0.186. The summed E-state index contributed by atoms with van der Waals surface area (Å²) >= 11 is 0. The average molecular weight is 278 g/mol. The molecule has 0 spiro atoms. The SMILES string of the molecule is O=C(NC1CCNCC1)C1CCCC(C(F)(F)F)C1. The molecule has 1 saturated heterocycles. The largest absolute Gasteiger partial charge is 0.391 e. The Morgan fingerprint density at radius 1 is 1.11 bits per heavy atom. The number of hydrogen-bond acceptors (Lipinski definition) is 2. The van der Waals surface area contributed by atoms with Gasteiger partial charge in [0.05, 0.1) is 5.92 Å². The van der Waals surface area contributed by atoms with Crippen molar-refractivity contribution in [3.05, 3.63) is 0 Å². The number of amides is 1. The second kappa shape index (κ2) is 6.11. The zero-order valence-corrected chi connectivity index (χ0v) is 10.9. The number of carbonyl (C=O) groups is 1. The quantitative estimate of drug-likeness (QED) is 0.813. The van der Waals surface area contributed by atoms with Crippen LogP contribution in [0.25, 0.3) is 0 Å². The second-order valence-corrected chi connectivity index (χ2v) is 5.63. The number of hydrogen-bond donors (Lipinski definition) is 2. The number of nitrogens with one attached hydrogen (secondary N) is 2. The molecule has 1 aliphatic carbocycles. The molecule has 2 rings (SSSR count). The van der Waals surface area contributed by atoms with Crippen LogP contribution in [0.4, 0.5) is 13.2 Å². The van der Waals surface area contributed by atoms with E-state index in [4.69, 9.17) is 0 Å². The molecule has 2 atom stereocenters. The van der Waals surface area contributed by atoms with Gasteiger partial charge >= 0.3 is 6.18 Å². The number of piperidine rings is 1. The maximum absolute atomic E-state index is 12.7. The zero-order valence-electron chi connectivity index (χ0n) is 10.9. The van der Waals surface area contributed by atoms with Crippen LogP contribution in [0.2, 0.25) is 0 Å². The van der Waals surface area contributed by atoms with Crippen molar-refractivity contribution < 1.29 is 18.0 Å². The summed E-state index contributed by atoms with van der Waals surface area (Å²) < 4.78 is 38.1. The van der Waals surface area contributed by atoms with Gasteiger partial charge in [-0.3, -0.25) is 4.79 Å². The third-order valence-corrected chi connectivity index (χ3v) is 4.19. The maximum Gasteiger partial charge on any atom is 0.391 e. The third kappa shape index (κ3) is 4.09. The molecular weight excluding hydrogens is 257 g/mol. The highest BCUT2D eigenvalue weighted by atomic mass is 19.4. The standard InChI is InChI=1S/C13H21F3N2O/c14-13(15,16)10-3-1-2-9(8-10)12(19)18-11-4-6-17-7-5-11/h9-11,17H,1-8H2,(H,18,19). The molecule has 0 aromatic heterocycles. The van der Waals surface area contributed by atoms with Crippen molar-refractivity contribution >= 4 is 5.91 Å². The number of alkyl halides is 3. The van der Waals surface area contributed by atoms with Gasteiger partial charge in [0.2, 0.25) is 5.91 Å². The number of halogens is 3. The van der Waals surface area contributed by atoms with Crippen molar-refractivity contribution in [3.63, 3.8) is 0 Å². The Balaban J connectivity index is 1.84. The summed E-state index contributed by atoms with van der Waals surface area (Å²) in [6.07, 6.45) is -1.23. The minimum absolute atomic E-state index is 0.0414. The fourth-order valence-electron chi connectivity index (χ4n) is 3.01. The number of carbonyl (C=O) groups excluding carboxylic acids is 1. The Morgan fingerprint density at radius 2 is 1.79 bits per heavy atom. The molecule has 2 unspecified atom stereocenters. The molecule has 0 aromatic rings. The zero-order chi connectivity index (χ0) is 13.9. The van der Waals surface area contributed by atoms with Crippen molar-refractivity contribution in [3.8, 4) is 0 Å². The van der Waals surface area contributed by atoms with Crippen LogP contribution in [0.5, 0.6) is 0 Å². The fourth-order valence-corrected chi connectivity index (χ4v) is 3.01. The van der Waals surface area contributed by atoms with E-state index >= 15 is 0 Å². The van der Waals surface area contributed by atoms with Crippen LogP contribution in [0, 0.1) is 11.8 Å². The van der Waals surface area contributed by atoms with Crippen LogP contribution in [-0.2, 0) is 4.79 Å². The van der Waals surface area contributed by atoms with E-state index in [-0.39, 0.29) is 24.8 Å². The van der Waals surface area contributed by atoms with Crippen LogP contribution < -0.4 is 10.6 Å². The summed E-state index contributed by atoms with van der Waals surface area (Å²) in [5.74, 6) is -1.94. The maximum atomic E-state index is 12.7. The lowest BCUT2D eigenvalue weighted by Gasteiger charge is -2.31. The first-order valence-electron chi connectivity index (χ1n) is 7.04. The van der Waals surface area contributed by atoms with Gasteiger partial charge in [0.25, 0.3) is 0 Å². The van der Waals surface area contributed by atoms with Gasteiger partial charge in [0.1, 0.15) is 0 Å². The molecule has 0 bridgehead atoms. The monoisotopic (exact) mass is 278 g/mol. The Kier molecular flexibility index (Phi) is 4.71. The predicted molar refractivity (Wildman–Crippen MR) is 65.5 cm³/mol. The number of rotatable bonds is 2. The molecule has 110 valence electrons. The smallest absolute Gasteiger partial charge is 0.353 e. The van der Waals surface area contributed by atoms with Crippen LogP contribution in [-0.4, -0.2) is 31.2 Å². The Hall–Kier alpha value is -0.780. The molecule has 19 heavy (non-hydrogen) atoms. The summed E-state index contributed by atoms with van der Waals surface area (Å²) in [5, 5.41) is 6.11. The van der Waals surface area contributed by atoms with E-state index in [2.05, 4.69) is 10.6 Å². The van der Waals surface area contributed by atoms with Crippen LogP contribution >= 0.6 is 0 Å². The lowest BCUT2D eigenvalue weighted by atomic mass is 9.80. The normalized spacial score (nSPS) is 30.1. The first-order valence-corrected chi connectivity index (χ1v) is 7.04. The first kappa shape index (κ1) is 14.6. The van der Waals surface area contributed by atoms with Gasteiger partial charge < -0.3 is 10.6 Å². The molecule has 2 aliphatic rings. The van der Waals surface area contributed by atoms with Crippen LogP contribution in [0.1, 0.15) is 38.5 Å². The average Bonchev–Trinajstić information content (AvgIpc) is 2.39. The van der Waals surface area contributed by atoms with Gasteiger partial charge in [-0.25, -0.2) is 0 Å². The summed E-state index contributed by atoms with van der Waals surface area (Å²) in [7, 11) is 0. The first-order chi connectivity index (χ1) is 8.97. The summed E-state index contributed by atoms with van der Waals surface area (Å²) in [4.78, 5) is 12.0. The summed E-state index contributed by atoms with van der Waals surface area (Å²) in [6, 6.07) is 0.125. The molecule has 1 amide bonds. The minimum Gasteiger partial charge on any atom is -0.353 e. The third-order valence-electron chi connectivity index (χ3n) is 4.19. The van der Waals surface area contributed by atoms with Crippen molar-refractivity contribution in [1.82, 2.24) is 10.6 Å². The summed E-state index contributed by atoms with van der Waals surface area (Å²) in [6.45, 7) is 1.72. The molecule has 1 saturated carbocycles. The van der Waals surface area contributed by atoms with Crippen LogP contribution in [0.15, 0.2) is 0 Å². The Labute approximate surface area is 111 Å². The van der Waals surface area contributed by atoms with E-state index in [0.29, 0.717) is 12.8 Å². The van der Waals surface area contributed by atoms with Gasteiger partial charge in [-0.05, 0) is 45.2 Å². The van der Waals surface area contributed by atoms with E-state index in [1.165, 1.54) is 0 Å². The topological polar surface area (TPSA) is 41.1 Å². The highest BCUT2D eigenvalue weighted by Crippen LogP contribution is 2.39. The van der Waals surface area contributed by atoms with E-state index < -0.39 is 18.0 Å². The van der Waals surface area contributed by atoms with Crippen LogP contribution in [0.3, 0.4) is 0 Å². The van der Waals surface area contributed by atoms with Gasteiger partial charge in [-0.15, -0.1) is 0 Å². The van der Waals surface area contributed by atoms with Gasteiger partial charge in [-0.2, -0.15) is 13.2 Å². The van der Waals surface area contributed by atoms with Crippen molar-refractivity contribution in [2.75, 3.05) is 13.1 Å². The molecule has 6 heteroatoms. The molecule has 0 aromatic carbocycles. The Bertz CT molecular complexity index is 314. The van der Waals surface area contributed by atoms with Crippen molar-refractivity contribution in [2.45, 2.75) is 50.7 Å². The van der Waals surface area contributed by atoms with Crippen molar-refractivity contribution in [1.29, 1.82) is 0 Å². The van der Waals surface area contributed by atoms with Gasteiger partial charge in [0, 0.05) is 12.0 Å². The second-order valence-electron chi connectivity index (χ2n) is 5.63. The molecule has 0 radical (unpaired) electrons.